The van der Waals surface area contributed by atoms with Gasteiger partial charge in [0.1, 0.15) is 0 Å². The summed E-state index contributed by atoms with van der Waals surface area (Å²) in [5.41, 5.74) is -1.67. The second kappa shape index (κ2) is 9.94. The summed E-state index contributed by atoms with van der Waals surface area (Å²) in [6, 6.07) is 0.0844. The number of ether oxygens (including phenoxy) is 2. The smallest absolute Gasteiger partial charge is 0.253 e. The van der Waals surface area contributed by atoms with E-state index in [4.69, 9.17) is 9.47 Å². The van der Waals surface area contributed by atoms with Crippen LogP contribution in [0.3, 0.4) is 0 Å². The van der Waals surface area contributed by atoms with Crippen molar-refractivity contribution in [1.82, 2.24) is 21.3 Å². The van der Waals surface area contributed by atoms with Crippen LogP contribution in [-0.2, 0) is 19.1 Å². The van der Waals surface area contributed by atoms with Gasteiger partial charge in [-0.2, -0.15) is 0 Å². The Balaban J connectivity index is 1.81. The molecule has 0 aliphatic carbocycles. The van der Waals surface area contributed by atoms with Crippen LogP contribution in [0.4, 0.5) is 0 Å². The maximum Gasteiger partial charge on any atom is 0.253 e. The molecule has 0 radical (unpaired) electrons. The molecule has 30 heavy (non-hydrogen) atoms. The van der Waals surface area contributed by atoms with Crippen molar-refractivity contribution in [3.63, 3.8) is 0 Å². The second-order valence-electron chi connectivity index (χ2n) is 9.78. The summed E-state index contributed by atoms with van der Waals surface area (Å²) in [5, 5.41) is 13.3. The van der Waals surface area contributed by atoms with Gasteiger partial charge >= 0.3 is 0 Å². The van der Waals surface area contributed by atoms with Gasteiger partial charge < -0.3 is 30.7 Å². The highest BCUT2D eigenvalue weighted by Gasteiger charge is 2.45. The first-order valence-electron chi connectivity index (χ1n) is 11.6. The molecule has 0 saturated carbocycles. The normalized spacial score (nSPS) is 37.0. The van der Waals surface area contributed by atoms with E-state index in [1.165, 1.54) is 0 Å². The fourth-order valence-corrected chi connectivity index (χ4v) is 4.60. The summed E-state index contributed by atoms with van der Waals surface area (Å²) in [7, 11) is 0. The Kier molecular flexibility index (Phi) is 7.76. The number of nitrogens with one attached hydrogen (secondary N) is 4. The zero-order valence-electron chi connectivity index (χ0n) is 19.0. The van der Waals surface area contributed by atoms with Crippen LogP contribution in [0.1, 0.15) is 53.4 Å². The predicted octanol–water partition coefficient (Wildman–Crippen LogP) is 0.559. The van der Waals surface area contributed by atoms with Gasteiger partial charge in [-0.25, -0.2) is 0 Å². The highest BCUT2D eigenvalue weighted by Crippen LogP contribution is 2.28. The zero-order chi connectivity index (χ0) is 21.8. The van der Waals surface area contributed by atoms with E-state index in [-0.39, 0.29) is 23.9 Å². The lowest BCUT2D eigenvalue weighted by Gasteiger charge is -2.35. The van der Waals surface area contributed by atoms with Crippen LogP contribution in [0.15, 0.2) is 0 Å². The molecule has 3 fully saturated rings. The molecule has 8 heteroatoms. The molecule has 4 unspecified atom stereocenters. The Hall–Kier alpha value is -1.22. The van der Waals surface area contributed by atoms with Crippen LogP contribution in [0, 0.1) is 11.8 Å². The monoisotopic (exact) mass is 424 g/mol. The summed E-state index contributed by atoms with van der Waals surface area (Å²) in [5.74, 6) is 0.498. The highest BCUT2D eigenvalue weighted by atomic mass is 16.5. The summed E-state index contributed by atoms with van der Waals surface area (Å²) >= 11 is 0. The van der Waals surface area contributed by atoms with E-state index in [1.54, 1.807) is 0 Å². The number of hydrogen-bond donors (Lipinski definition) is 4. The fourth-order valence-electron chi connectivity index (χ4n) is 4.60. The van der Waals surface area contributed by atoms with E-state index >= 15 is 0 Å². The maximum atomic E-state index is 13.2. The van der Waals surface area contributed by atoms with Gasteiger partial charge in [0.25, 0.3) is 11.8 Å². The van der Waals surface area contributed by atoms with E-state index < -0.39 is 11.2 Å². The molecule has 4 atom stereocenters. The van der Waals surface area contributed by atoms with Crippen molar-refractivity contribution in [2.24, 2.45) is 11.8 Å². The maximum absolute atomic E-state index is 13.2. The standard InChI is InChI=1S/C22H40N4O4/c1-15(2)17-11-23-19(27)22(8-6-10-30-22)14-26-18(16(3)4)12-24-20(28)21(13-25-17)7-5-9-29-21/h15-18,25-26H,5-14H2,1-4H3,(H,23,27)(H,24,28). The predicted molar refractivity (Wildman–Crippen MR) is 115 cm³/mol. The summed E-state index contributed by atoms with van der Waals surface area (Å²) < 4.78 is 11.9. The van der Waals surface area contributed by atoms with Crippen LogP contribution in [0.25, 0.3) is 0 Å². The average Bonchev–Trinajstić information content (AvgIpc) is 3.37. The molecule has 3 aliphatic heterocycles. The van der Waals surface area contributed by atoms with Crippen LogP contribution in [0.2, 0.25) is 0 Å². The summed E-state index contributed by atoms with van der Waals surface area (Å²) in [6.45, 7) is 11.5. The van der Waals surface area contributed by atoms with Crippen LogP contribution < -0.4 is 21.3 Å². The Morgan fingerprint density at radius 3 is 1.47 bits per heavy atom. The molecule has 3 rings (SSSR count). The van der Waals surface area contributed by atoms with Gasteiger partial charge in [-0.15, -0.1) is 0 Å². The second-order valence-corrected chi connectivity index (χ2v) is 9.78. The van der Waals surface area contributed by atoms with E-state index in [2.05, 4.69) is 49.0 Å². The molecule has 172 valence electrons. The van der Waals surface area contributed by atoms with Gasteiger partial charge in [0.15, 0.2) is 11.2 Å². The lowest BCUT2D eigenvalue weighted by molar-refractivity contribution is -0.143. The summed E-state index contributed by atoms with van der Waals surface area (Å²) in [4.78, 5) is 26.3. The van der Waals surface area contributed by atoms with E-state index in [0.29, 0.717) is 64.1 Å². The van der Waals surface area contributed by atoms with Gasteiger partial charge in [0.2, 0.25) is 0 Å². The van der Waals surface area contributed by atoms with Gasteiger partial charge in [0, 0.05) is 51.5 Å². The molecule has 0 bridgehead atoms. The van der Waals surface area contributed by atoms with Crippen molar-refractivity contribution in [3.8, 4) is 0 Å². The van der Waals surface area contributed by atoms with Crippen LogP contribution >= 0.6 is 0 Å². The van der Waals surface area contributed by atoms with Gasteiger partial charge in [-0.05, 0) is 37.5 Å². The molecule has 8 nitrogen and oxygen atoms in total. The molecular weight excluding hydrogens is 384 g/mol. The summed E-state index contributed by atoms with van der Waals surface area (Å²) in [6.07, 6.45) is 3.17. The largest absolute Gasteiger partial charge is 0.364 e. The van der Waals surface area contributed by atoms with Crippen LogP contribution in [0.5, 0.6) is 0 Å². The zero-order valence-corrected chi connectivity index (χ0v) is 19.0. The van der Waals surface area contributed by atoms with Crippen molar-refractivity contribution < 1.29 is 19.1 Å². The van der Waals surface area contributed by atoms with Gasteiger partial charge in [-0.1, -0.05) is 27.7 Å². The third-order valence-corrected chi connectivity index (χ3v) is 6.91. The number of carbonyl (C=O) groups excluding carboxylic acids is 2. The number of carbonyl (C=O) groups is 2. The molecule has 3 heterocycles. The molecular formula is C22H40N4O4. The fraction of sp³-hybridized carbons (Fsp3) is 0.909. The van der Waals surface area contributed by atoms with E-state index in [9.17, 15) is 9.59 Å². The molecule has 2 spiro atoms. The van der Waals surface area contributed by atoms with E-state index in [1.807, 2.05) is 0 Å². The van der Waals surface area contributed by atoms with E-state index in [0.717, 1.165) is 12.8 Å². The number of hydrogen-bond acceptors (Lipinski definition) is 6. The SMILES string of the molecule is CC(C)C1CNC(=O)C2(CCCO2)CNC(C(C)C)CNC(=O)C2(CCCO2)CN1. The number of amides is 2. The lowest BCUT2D eigenvalue weighted by atomic mass is 9.94. The topological polar surface area (TPSA) is 101 Å². The average molecular weight is 425 g/mol. The lowest BCUT2D eigenvalue weighted by Crippen LogP contribution is -2.61. The third-order valence-electron chi connectivity index (χ3n) is 6.91. The molecule has 0 aromatic carbocycles. The molecule has 4 N–H and O–H groups in total. The first-order chi connectivity index (χ1) is 14.3. The molecule has 3 saturated heterocycles. The van der Waals surface area contributed by atoms with Gasteiger partial charge in [0.05, 0.1) is 0 Å². The highest BCUT2D eigenvalue weighted by molar-refractivity contribution is 5.86. The first kappa shape index (κ1) is 23.4. The van der Waals surface area contributed by atoms with Crippen molar-refractivity contribution in [1.29, 1.82) is 0 Å². The minimum Gasteiger partial charge on any atom is -0.364 e. The molecule has 0 aromatic heterocycles. The Labute approximate surface area is 180 Å². The van der Waals surface area contributed by atoms with Gasteiger partial charge in [-0.3, -0.25) is 9.59 Å². The molecule has 3 aliphatic rings. The molecule has 2 amide bonds. The minimum atomic E-state index is -0.835. The van der Waals surface area contributed by atoms with Crippen molar-refractivity contribution in [2.45, 2.75) is 76.7 Å². The third kappa shape index (κ3) is 5.15. The Morgan fingerprint density at radius 1 is 0.767 bits per heavy atom. The Bertz CT molecular complexity index is 546. The first-order valence-corrected chi connectivity index (χ1v) is 11.6. The van der Waals surface area contributed by atoms with Crippen molar-refractivity contribution in [2.75, 3.05) is 39.4 Å². The van der Waals surface area contributed by atoms with Crippen molar-refractivity contribution >= 4 is 11.8 Å². The quantitative estimate of drug-likeness (QED) is 0.517. The Morgan fingerprint density at radius 2 is 1.17 bits per heavy atom. The van der Waals surface area contributed by atoms with Crippen molar-refractivity contribution in [3.05, 3.63) is 0 Å². The van der Waals surface area contributed by atoms with Crippen LogP contribution in [-0.4, -0.2) is 74.5 Å². The number of rotatable bonds is 2. The molecule has 0 aromatic rings. The minimum absolute atomic E-state index is 0.0422.